The number of nitrogens with one attached hydrogen (secondary N) is 1. The van der Waals surface area contributed by atoms with Gasteiger partial charge in [0.05, 0.1) is 24.5 Å². The second-order valence-corrected chi connectivity index (χ2v) is 9.57. The van der Waals surface area contributed by atoms with Gasteiger partial charge in [0.15, 0.2) is 9.84 Å². The van der Waals surface area contributed by atoms with Crippen molar-refractivity contribution in [2.24, 2.45) is 0 Å². The topological polar surface area (TPSA) is 75.7 Å². The van der Waals surface area contributed by atoms with Crippen molar-refractivity contribution in [1.82, 2.24) is 10.2 Å². The predicted octanol–water partition coefficient (Wildman–Crippen LogP) is 1.53. The first kappa shape index (κ1) is 20.8. The van der Waals surface area contributed by atoms with Crippen LogP contribution in [-0.4, -0.2) is 62.6 Å². The van der Waals surface area contributed by atoms with Gasteiger partial charge in [-0.05, 0) is 38.5 Å². The molecular weight excluding hydrogens is 359 g/mol. The van der Waals surface area contributed by atoms with Gasteiger partial charge in [-0.3, -0.25) is 9.69 Å². The van der Waals surface area contributed by atoms with E-state index >= 15 is 0 Å². The molecule has 0 saturated carbocycles. The molecule has 0 radical (unpaired) electrons. The van der Waals surface area contributed by atoms with Gasteiger partial charge in [-0.25, -0.2) is 12.8 Å². The van der Waals surface area contributed by atoms with Crippen molar-refractivity contribution in [2.75, 3.05) is 32.8 Å². The lowest BCUT2D eigenvalue weighted by Gasteiger charge is -2.35. The van der Waals surface area contributed by atoms with E-state index in [4.69, 9.17) is 4.74 Å². The Hall–Kier alpha value is -1.51. The Labute approximate surface area is 154 Å². The number of sulfone groups is 1. The summed E-state index contributed by atoms with van der Waals surface area (Å²) in [4.78, 5) is 14.5. The quantitative estimate of drug-likeness (QED) is 0.769. The first-order valence-electron chi connectivity index (χ1n) is 8.81. The molecule has 2 unspecified atom stereocenters. The van der Waals surface area contributed by atoms with Crippen LogP contribution in [0.5, 0.6) is 0 Å². The molecule has 1 saturated heterocycles. The Morgan fingerprint density at radius 3 is 2.50 bits per heavy atom. The summed E-state index contributed by atoms with van der Waals surface area (Å²) in [6.45, 7) is 7.19. The molecule has 2 atom stereocenters. The Balaban J connectivity index is 2.13. The third-order valence-corrected chi connectivity index (χ3v) is 7.22. The molecule has 1 amide bonds. The summed E-state index contributed by atoms with van der Waals surface area (Å²) in [6.07, 6.45) is 0. The molecular formula is C18H27FN2O4S. The van der Waals surface area contributed by atoms with Gasteiger partial charge in [0.1, 0.15) is 11.1 Å². The van der Waals surface area contributed by atoms with Crippen LogP contribution in [0.4, 0.5) is 4.39 Å². The first-order chi connectivity index (χ1) is 12.2. The van der Waals surface area contributed by atoms with E-state index in [0.29, 0.717) is 26.3 Å². The number of benzene rings is 1. The molecule has 1 heterocycles. The molecule has 1 aliphatic heterocycles. The maximum atomic E-state index is 13.7. The monoisotopic (exact) mass is 386 g/mol. The summed E-state index contributed by atoms with van der Waals surface area (Å²) in [7, 11) is -3.53. The van der Waals surface area contributed by atoms with Crippen molar-refractivity contribution in [3.05, 3.63) is 35.6 Å². The van der Waals surface area contributed by atoms with Gasteiger partial charge in [-0.15, -0.1) is 0 Å². The molecule has 1 aromatic rings. The third kappa shape index (κ3) is 5.02. The molecule has 2 rings (SSSR count). The summed E-state index contributed by atoms with van der Waals surface area (Å²) in [5.74, 6) is -0.879. The lowest BCUT2D eigenvalue weighted by atomic mass is 10.0. The zero-order valence-electron chi connectivity index (χ0n) is 15.4. The number of carbonyl (C=O) groups is 1. The number of hydrogen-bond donors (Lipinski definition) is 1. The van der Waals surface area contributed by atoms with Crippen molar-refractivity contribution in [2.45, 2.75) is 37.3 Å². The molecule has 26 heavy (non-hydrogen) atoms. The summed E-state index contributed by atoms with van der Waals surface area (Å²) < 4.78 is 43.4. The zero-order chi connectivity index (χ0) is 19.3. The number of rotatable bonds is 7. The van der Waals surface area contributed by atoms with Crippen LogP contribution in [0.25, 0.3) is 0 Å². The van der Waals surface area contributed by atoms with Gasteiger partial charge in [-0.1, -0.05) is 12.1 Å². The number of amides is 1. The maximum Gasteiger partial charge on any atom is 0.238 e. The van der Waals surface area contributed by atoms with Crippen LogP contribution in [0.3, 0.4) is 0 Å². The van der Waals surface area contributed by atoms with Crippen molar-refractivity contribution in [1.29, 1.82) is 0 Å². The zero-order valence-corrected chi connectivity index (χ0v) is 16.3. The van der Waals surface area contributed by atoms with Crippen LogP contribution in [0.2, 0.25) is 0 Å². The van der Waals surface area contributed by atoms with E-state index < -0.39 is 26.2 Å². The summed E-state index contributed by atoms with van der Waals surface area (Å²) in [5.41, 5.74) is 0.742. The molecule has 146 valence electrons. The second kappa shape index (κ2) is 8.92. The van der Waals surface area contributed by atoms with E-state index in [1.54, 1.807) is 19.9 Å². The smallest absolute Gasteiger partial charge is 0.238 e. The Kier molecular flexibility index (Phi) is 7.14. The molecule has 0 aromatic heterocycles. The minimum absolute atomic E-state index is 0.209. The number of ether oxygens (including phenoxy) is 1. The molecule has 0 bridgehead atoms. The van der Waals surface area contributed by atoms with Crippen molar-refractivity contribution < 1.29 is 22.3 Å². The summed E-state index contributed by atoms with van der Waals surface area (Å²) in [5, 5.41) is 0.987. The normalized spacial score (nSPS) is 18.5. The maximum absolute atomic E-state index is 13.7. The number of morpholine rings is 1. The summed E-state index contributed by atoms with van der Waals surface area (Å²) in [6, 6.07) is 6.01. The van der Waals surface area contributed by atoms with Crippen molar-refractivity contribution in [3.63, 3.8) is 0 Å². The fourth-order valence-corrected chi connectivity index (χ4v) is 4.16. The molecule has 1 fully saturated rings. The average molecular weight is 386 g/mol. The largest absolute Gasteiger partial charge is 0.379 e. The van der Waals surface area contributed by atoms with Gasteiger partial charge in [0.25, 0.3) is 0 Å². The molecule has 0 spiro atoms. The second-order valence-electron chi connectivity index (χ2n) is 6.74. The van der Waals surface area contributed by atoms with Gasteiger partial charge in [0, 0.05) is 19.6 Å². The van der Waals surface area contributed by atoms with E-state index in [2.05, 4.69) is 10.2 Å². The molecule has 1 aromatic carbocycles. The van der Waals surface area contributed by atoms with Crippen LogP contribution < -0.4 is 5.32 Å². The average Bonchev–Trinajstić information content (AvgIpc) is 2.62. The fourth-order valence-electron chi connectivity index (χ4n) is 2.96. The predicted molar refractivity (Wildman–Crippen MR) is 98.1 cm³/mol. The number of nitrogens with zero attached hydrogens (tertiary/aromatic N) is 1. The molecule has 8 heteroatoms. The van der Waals surface area contributed by atoms with Gasteiger partial charge in [0.2, 0.25) is 5.91 Å². The van der Waals surface area contributed by atoms with Gasteiger partial charge >= 0.3 is 0 Å². The first-order valence-corrected chi connectivity index (χ1v) is 10.4. The van der Waals surface area contributed by atoms with Gasteiger partial charge < -0.3 is 10.1 Å². The molecule has 1 N–H and O–H groups in total. The minimum Gasteiger partial charge on any atom is -0.379 e. The van der Waals surface area contributed by atoms with Crippen LogP contribution in [0.1, 0.15) is 32.4 Å². The molecule has 6 nitrogen and oxygen atoms in total. The van der Waals surface area contributed by atoms with E-state index in [1.807, 2.05) is 6.07 Å². The van der Waals surface area contributed by atoms with Gasteiger partial charge in [-0.2, -0.15) is 0 Å². The van der Waals surface area contributed by atoms with Crippen molar-refractivity contribution >= 4 is 15.7 Å². The van der Waals surface area contributed by atoms with Crippen LogP contribution in [0, 0.1) is 5.82 Å². The standard InChI is InChI=1S/C18H27FN2O4S/c1-13(2)26(23,24)14(3)18(22)20-12-17(21-7-9-25-10-8-21)15-5-4-6-16(19)11-15/h4-6,11,13-14,17H,7-10,12H2,1-3H3,(H,20,22). The lowest BCUT2D eigenvalue weighted by molar-refractivity contribution is -0.120. The van der Waals surface area contributed by atoms with Crippen LogP contribution >= 0.6 is 0 Å². The molecule has 1 aliphatic rings. The highest BCUT2D eigenvalue weighted by molar-refractivity contribution is 7.93. The molecule has 0 aliphatic carbocycles. The minimum atomic E-state index is -3.53. The Bertz CT molecular complexity index is 718. The van der Waals surface area contributed by atoms with E-state index in [1.165, 1.54) is 19.1 Å². The van der Waals surface area contributed by atoms with Crippen LogP contribution in [-0.2, 0) is 19.4 Å². The fraction of sp³-hybridized carbons (Fsp3) is 0.611. The Morgan fingerprint density at radius 1 is 1.27 bits per heavy atom. The lowest BCUT2D eigenvalue weighted by Crippen LogP contribution is -2.47. The van der Waals surface area contributed by atoms with E-state index in [-0.39, 0.29) is 18.4 Å². The Morgan fingerprint density at radius 2 is 1.92 bits per heavy atom. The summed E-state index contributed by atoms with van der Waals surface area (Å²) >= 11 is 0. The SMILES string of the molecule is CC(C)S(=O)(=O)C(C)C(=O)NCC(c1cccc(F)c1)N1CCOCC1. The van der Waals surface area contributed by atoms with Crippen LogP contribution in [0.15, 0.2) is 24.3 Å². The number of halogens is 1. The third-order valence-electron chi connectivity index (χ3n) is 4.71. The number of carbonyl (C=O) groups excluding carboxylic acids is 1. The highest BCUT2D eigenvalue weighted by atomic mass is 32.2. The van der Waals surface area contributed by atoms with E-state index in [9.17, 15) is 17.6 Å². The highest BCUT2D eigenvalue weighted by Crippen LogP contribution is 2.22. The highest BCUT2D eigenvalue weighted by Gasteiger charge is 2.31. The number of hydrogen-bond acceptors (Lipinski definition) is 5. The van der Waals surface area contributed by atoms with E-state index in [0.717, 1.165) is 5.56 Å². The van der Waals surface area contributed by atoms with Crippen molar-refractivity contribution in [3.8, 4) is 0 Å².